The van der Waals surface area contributed by atoms with Crippen LogP contribution in [0.1, 0.15) is 22.8 Å². The van der Waals surface area contributed by atoms with E-state index in [-0.39, 0.29) is 22.8 Å². The standard InChI is InChI=1S/C19H18N2O6/c1-13(23)17(9-14-5-3-2-4-6-14)20-19(24)12-27-18-8-7-16(21(25)26)10-15(18)11-22/h2-8,10-11,17H,9,12H2,1H3,(H,20,24)/t17-/m1/s1. The molecule has 8 nitrogen and oxygen atoms in total. The van der Waals surface area contributed by atoms with Crippen LogP contribution in [0.5, 0.6) is 5.75 Å². The van der Waals surface area contributed by atoms with Crippen LogP contribution in [0.3, 0.4) is 0 Å². The fraction of sp³-hybridized carbons (Fsp3) is 0.211. The van der Waals surface area contributed by atoms with Crippen molar-refractivity contribution < 1.29 is 24.0 Å². The number of non-ortho nitro benzene ring substituents is 1. The molecule has 0 saturated carbocycles. The summed E-state index contributed by atoms with van der Waals surface area (Å²) in [4.78, 5) is 45.1. The summed E-state index contributed by atoms with van der Waals surface area (Å²) in [7, 11) is 0. The van der Waals surface area contributed by atoms with Crippen LogP contribution in [-0.2, 0) is 16.0 Å². The molecule has 2 aromatic rings. The average molecular weight is 370 g/mol. The SMILES string of the molecule is CC(=O)[C@@H](Cc1ccccc1)NC(=O)COc1ccc([N+](=O)[O-])cc1C=O. The number of ketones is 1. The second kappa shape index (κ2) is 9.23. The maximum atomic E-state index is 12.1. The smallest absolute Gasteiger partial charge is 0.270 e. The Morgan fingerprint density at radius 2 is 1.93 bits per heavy atom. The van der Waals surface area contributed by atoms with Gasteiger partial charge in [0, 0.05) is 12.1 Å². The Kier molecular flexibility index (Phi) is 6.76. The van der Waals surface area contributed by atoms with Crippen molar-refractivity contribution in [3.8, 4) is 5.75 Å². The van der Waals surface area contributed by atoms with Crippen LogP contribution >= 0.6 is 0 Å². The molecule has 0 fully saturated rings. The molecule has 2 rings (SSSR count). The molecular weight excluding hydrogens is 352 g/mol. The minimum Gasteiger partial charge on any atom is -0.483 e. The maximum Gasteiger partial charge on any atom is 0.270 e. The molecule has 0 spiro atoms. The Hall–Kier alpha value is -3.55. The Bertz CT molecular complexity index is 851. The van der Waals surface area contributed by atoms with Crippen molar-refractivity contribution in [3.63, 3.8) is 0 Å². The van der Waals surface area contributed by atoms with Crippen molar-refractivity contribution in [1.82, 2.24) is 5.32 Å². The lowest BCUT2D eigenvalue weighted by Gasteiger charge is -2.16. The number of nitro groups is 1. The Balaban J connectivity index is 1.99. The van der Waals surface area contributed by atoms with Crippen molar-refractivity contribution in [3.05, 3.63) is 69.8 Å². The van der Waals surface area contributed by atoms with E-state index in [1.54, 1.807) is 0 Å². The van der Waals surface area contributed by atoms with Gasteiger partial charge in [0.1, 0.15) is 5.75 Å². The Labute approximate surface area is 155 Å². The zero-order valence-electron chi connectivity index (χ0n) is 14.6. The molecule has 0 aliphatic rings. The number of hydrogen-bond donors (Lipinski definition) is 1. The first-order chi connectivity index (χ1) is 12.9. The van der Waals surface area contributed by atoms with Gasteiger partial charge in [-0.15, -0.1) is 0 Å². The number of carbonyl (C=O) groups is 3. The summed E-state index contributed by atoms with van der Waals surface area (Å²) in [6, 6.07) is 12.0. The third kappa shape index (κ3) is 5.74. The lowest BCUT2D eigenvalue weighted by Crippen LogP contribution is -2.43. The number of aldehydes is 1. The van der Waals surface area contributed by atoms with Crippen LogP contribution in [0.25, 0.3) is 0 Å². The maximum absolute atomic E-state index is 12.1. The van der Waals surface area contributed by atoms with E-state index in [9.17, 15) is 24.5 Å². The van der Waals surface area contributed by atoms with Gasteiger partial charge in [-0.2, -0.15) is 0 Å². The average Bonchev–Trinajstić information content (AvgIpc) is 2.66. The molecule has 1 N–H and O–H groups in total. The summed E-state index contributed by atoms with van der Waals surface area (Å²) in [6.07, 6.45) is 0.757. The van der Waals surface area contributed by atoms with E-state index < -0.39 is 23.5 Å². The molecule has 1 atom stereocenters. The van der Waals surface area contributed by atoms with Gasteiger partial charge < -0.3 is 10.1 Å². The van der Waals surface area contributed by atoms with Crippen LogP contribution in [0, 0.1) is 10.1 Å². The van der Waals surface area contributed by atoms with E-state index >= 15 is 0 Å². The summed E-state index contributed by atoms with van der Waals surface area (Å²) in [5, 5.41) is 13.3. The molecule has 1 amide bonds. The van der Waals surface area contributed by atoms with Crippen LogP contribution < -0.4 is 10.1 Å². The third-order valence-electron chi connectivity index (χ3n) is 3.80. The molecule has 0 radical (unpaired) electrons. The van der Waals surface area contributed by atoms with E-state index in [0.29, 0.717) is 12.7 Å². The number of nitro benzene ring substituents is 1. The number of nitrogens with one attached hydrogen (secondary N) is 1. The summed E-state index contributed by atoms with van der Waals surface area (Å²) in [5.41, 5.74) is 0.607. The summed E-state index contributed by atoms with van der Waals surface area (Å²) < 4.78 is 5.28. The van der Waals surface area contributed by atoms with E-state index in [2.05, 4.69) is 5.32 Å². The van der Waals surface area contributed by atoms with Gasteiger partial charge in [-0.3, -0.25) is 24.5 Å². The van der Waals surface area contributed by atoms with Crippen LogP contribution in [0.15, 0.2) is 48.5 Å². The zero-order valence-corrected chi connectivity index (χ0v) is 14.6. The summed E-state index contributed by atoms with van der Waals surface area (Å²) >= 11 is 0. The number of rotatable bonds is 9. The highest BCUT2D eigenvalue weighted by molar-refractivity contribution is 5.88. The van der Waals surface area contributed by atoms with Crippen molar-refractivity contribution in [2.45, 2.75) is 19.4 Å². The molecule has 0 saturated heterocycles. The van der Waals surface area contributed by atoms with Crippen LogP contribution in [-0.4, -0.2) is 35.5 Å². The predicted molar refractivity (Wildman–Crippen MR) is 96.7 cm³/mol. The highest BCUT2D eigenvalue weighted by atomic mass is 16.6. The molecule has 140 valence electrons. The zero-order chi connectivity index (χ0) is 19.8. The molecule has 8 heteroatoms. The van der Waals surface area contributed by atoms with Gasteiger partial charge in [0.2, 0.25) is 0 Å². The van der Waals surface area contributed by atoms with Crippen molar-refractivity contribution >= 4 is 23.7 Å². The monoisotopic (exact) mass is 370 g/mol. The van der Waals surface area contributed by atoms with E-state index in [4.69, 9.17) is 4.74 Å². The topological polar surface area (TPSA) is 116 Å². The molecular formula is C19H18N2O6. The molecule has 0 aliphatic carbocycles. The highest BCUT2D eigenvalue weighted by Gasteiger charge is 2.18. The largest absolute Gasteiger partial charge is 0.483 e. The number of benzene rings is 2. The van der Waals surface area contributed by atoms with Crippen molar-refractivity contribution in [2.24, 2.45) is 0 Å². The van der Waals surface area contributed by atoms with Crippen molar-refractivity contribution in [2.75, 3.05) is 6.61 Å². The number of Topliss-reactive ketones (excluding diaryl/α,β-unsaturated/α-hetero) is 1. The van der Waals surface area contributed by atoms with Gasteiger partial charge >= 0.3 is 0 Å². The Morgan fingerprint density at radius 1 is 1.22 bits per heavy atom. The summed E-state index contributed by atoms with van der Waals surface area (Å²) in [6.45, 7) is 0.951. The first-order valence-electron chi connectivity index (χ1n) is 8.11. The van der Waals surface area contributed by atoms with Gasteiger partial charge in [-0.05, 0) is 25.0 Å². The third-order valence-corrected chi connectivity index (χ3v) is 3.80. The van der Waals surface area contributed by atoms with Gasteiger partial charge in [0.15, 0.2) is 18.7 Å². The quantitative estimate of drug-likeness (QED) is 0.410. The minimum absolute atomic E-state index is 0.0376. The number of hydrogen-bond acceptors (Lipinski definition) is 6. The normalized spacial score (nSPS) is 11.3. The number of carbonyl (C=O) groups excluding carboxylic acids is 3. The number of nitrogens with zero attached hydrogens (tertiary/aromatic N) is 1. The van der Waals surface area contributed by atoms with Crippen LogP contribution in [0.2, 0.25) is 0 Å². The molecule has 0 unspecified atom stereocenters. The number of ether oxygens (including phenoxy) is 1. The molecule has 0 aromatic heterocycles. The first kappa shape index (κ1) is 19.8. The highest BCUT2D eigenvalue weighted by Crippen LogP contribution is 2.22. The second-order valence-corrected chi connectivity index (χ2v) is 5.81. The molecule has 27 heavy (non-hydrogen) atoms. The predicted octanol–water partition coefficient (Wildman–Crippen LogP) is 2.10. The van der Waals surface area contributed by atoms with E-state index in [1.807, 2.05) is 30.3 Å². The fourth-order valence-electron chi connectivity index (χ4n) is 2.40. The Morgan fingerprint density at radius 3 is 2.52 bits per heavy atom. The lowest BCUT2D eigenvalue weighted by atomic mass is 10.0. The van der Waals surface area contributed by atoms with Gasteiger partial charge in [-0.25, -0.2) is 0 Å². The first-order valence-corrected chi connectivity index (χ1v) is 8.11. The molecule has 0 bridgehead atoms. The second-order valence-electron chi connectivity index (χ2n) is 5.81. The molecule has 0 aliphatic heterocycles. The summed E-state index contributed by atoms with van der Waals surface area (Å²) in [5.74, 6) is -0.689. The number of amides is 1. The fourth-order valence-corrected chi connectivity index (χ4v) is 2.40. The van der Waals surface area contributed by atoms with Gasteiger partial charge in [0.25, 0.3) is 11.6 Å². The van der Waals surface area contributed by atoms with Gasteiger partial charge in [-0.1, -0.05) is 30.3 Å². The lowest BCUT2D eigenvalue weighted by molar-refractivity contribution is -0.384. The van der Waals surface area contributed by atoms with Gasteiger partial charge in [0.05, 0.1) is 16.5 Å². The van der Waals surface area contributed by atoms with Crippen molar-refractivity contribution in [1.29, 1.82) is 0 Å². The molecule has 0 heterocycles. The van der Waals surface area contributed by atoms with Crippen LogP contribution in [0.4, 0.5) is 5.69 Å². The minimum atomic E-state index is -0.703. The molecule has 2 aromatic carbocycles. The van der Waals surface area contributed by atoms with E-state index in [1.165, 1.54) is 19.1 Å². The van der Waals surface area contributed by atoms with E-state index in [0.717, 1.165) is 11.6 Å².